The Morgan fingerprint density at radius 3 is 2.38 bits per heavy atom. The second-order valence-corrected chi connectivity index (χ2v) is 9.74. The first-order chi connectivity index (χ1) is 15.1. The highest BCUT2D eigenvalue weighted by atomic mass is 16.2. The van der Waals surface area contributed by atoms with Crippen molar-refractivity contribution in [2.24, 2.45) is 0 Å². The van der Waals surface area contributed by atoms with Gasteiger partial charge in [-0.1, -0.05) is 68.8 Å². The van der Waals surface area contributed by atoms with Crippen molar-refractivity contribution >= 4 is 17.5 Å². The number of nitrogens with one attached hydrogen (secondary N) is 1. The maximum atomic E-state index is 13.7. The summed E-state index contributed by atoms with van der Waals surface area (Å²) in [6, 6.07) is 19.3. The molecule has 4 rings (SSSR count). The summed E-state index contributed by atoms with van der Waals surface area (Å²) in [4.78, 5) is 28.9. The summed E-state index contributed by atoms with van der Waals surface area (Å²) >= 11 is 0. The number of aryl methyl sites for hydroxylation is 1. The van der Waals surface area contributed by atoms with Gasteiger partial charge in [-0.25, -0.2) is 0 Å². The van der Waals surface area contributed by atoms with Crippen molar-refractivity contribution < 1.29 is 9.59 Å². The van der Waals surface area contributed by atoms with Crippen LogP contribution >= 0.6 is 0 Å². The number of hydrogen-bond donors (Lipinski definition) is 1. The van der Waals surface area contributed by atoms with Gasteiger partial charge >= 0.3 is 0 Å². The lowest BCUT2D eigenvalue weighted by molar-refractivity contribution is -0.126. The van der Waals surface area contributed by atoms with Gasteiger partial charge in [0.25, 0.3) is 5.91 Å². The maximum absolute atomic E-state index is 13.7. The van der Waals surface area contributed by atoms with Crippen molar-refractivity contribution in [2.45, 2.75) is 58.7 Å². The average Bonchev–Trinajstić information content (AvgIpc) is 3.19. The summed E-state index contributed by atoms with van der Waals surface area (Å²) in [5, 5.41) is 7.73. The van der Waals surface area contributed by atoms with Gasteiger partial charge in [0.15, 0.2) is 0 Å². The fourth-order valence-corrected chi connectivity index (χ4v) is 4.01. The van der Waals surface area contributed by atoms with E-state index in [2.05, 4.69) is 26.1 Å². The van der Waals surface area contributed by atoms with Gasteiger partial charge in [0.05, 0.1) is 12.2 Å². The van der Waals surface area contributed by atoms with Crippen molar-refractivity contribution in [3.8, 4) is 0 Å². The number of aromatic nitrogens is 2. The van der Waals surface area contributed by atoms with Gasteiger partial charge in [-0.2, -0.15) is 5.10 Å². The zero-order valence-corrected chi connectivity index (χ0v) is 19.3. The highest BCUT2D eigenvalue weighted by Crippen LogP contribution is 2.34. The Balaban J connectivity index is 1.74. The third kappa shape index (κ3) is 3.93. The Morgan fingerprint density at radius 1 is 1.09 bits per heavy atom. The highest BCUT2D eigenvalue weighted by molar-refractivity contribution is 6.11. The molecule has 1 unspecified atom stereocenters. The van der Waals surface area contributed by atoms with E-state index in [4.69, 9.17) is 5.10 Å². The van der Waals surface area contributed by atoms with E-state index >= 15 is 0 Å². The van der Waals surface area contributed by atoms with Crippen molar-refractivity contribution in [3.63, 3.8) is 0 Å². The molecule has 1 aliphatic rings. The van der Waals surface area contributed by atoms with Crippen molar-refractivity contribution in [1.82, 2.24) is 15.1 Å². The number of nitrogens with zero attached hydrogens (tertiary/aromatic N) is 3. The standard InChI is InChI=1S/C26H30N4O2/c1-18-11-13-20(14-12-18)30-23(31)21-15-22(25(2,3)4)28-29(21)17-26(30,5)24(32)27-16-19-9-7-6-8-10-19/h6-15H,16-17H2,1-5H3,(H,27,32). The van der Waals surface area contributed by atoms with Crippen LogP contribution in [-0.2, 0) is 23.3 Å². The minimum atomic E-state index is -1.13. The van der Waals surface area contributed by atoms with Crippen molar-refractivity contribution in [3.05, 3.63) is 83.2 Å². The molecule has 0 saturated carbocycles. The second-order valence-electron chi connectivity index (χ2n) is 9.74. The molecule has 2 heterocycles. The molecule has 0 aliphatic carbocycles. The van der Waals surface area contributed by atoms with Crippen LogP contribution in [0.4, 0.5) is 5.69 Å². The van der Waals surface area contributed by atoms with Crippen LogP contribution in [0.2, 0.25) is 0 Å². The van der Waals surface area contributed by atoms with E-state index in [0.29, 0.717) is 17.9 Å². The van der Waals surface area contributed by atoms with Gasteiger partial charge in [0, 0.05) is 17.6 Å². The quantitative estimate of drug-likeness (QED) is 0.674. The molecular formula is C26H30N4O2. The molecule has 166 valence electrons. The fourth-order valence-electron chi connectivity index (χ4n) is 4.01. The molecular weight excluding hydrogens is 400 g/mol. The third-order valence-electron chi connectivity index (χ3n) is 6.00. The first-order valence-corrected chi connectivity index (χ1v) is 10.9. The van der Waals surface area contributed by atoms with E-state index < -0.39 is 5.54 Å². The Bertz CT molecular complexity index is 1140. The Labute approximate surface area is 189 Å². The fraction of sp³-hybridized carbons (Fsp3) is 0.346. The van der Waals surface area contributed by atoms with E-state index in [1.165, 1.54) is 0 Å². The molecule has 2 amide bonds. The molecule has 1 N–H and O–H groups in total. The lowest BCUT2D eigenvalue weighted by Crippen LogP contribution is -2.64. The molecule has 0 spiro atoms. The van der Waals surface area contributed by atoms with Gasteiger partial charge in [0.2, 0.25) is 5.91 Å². The molecule has 32 heavy (non-hydrogen) atoms. The maximum Gasteiger partial charge on any atom is 0.277 e. The van der Waals surface area contributed by atoms with E-state index in [-0.39, 0.29) is 23.8 Å². The number of benzene rings is 2. The number of rotatable bonds is 4. The van der Waals surface area contributed by atoms with Gasteiger partial charge in [-0.05, 0) is 37.6 Å². The normalized spacial score (nSPS) is 18.4. The molecule has 0 bridgehead atoms. The van der Waals surface area contributed by atoms with E-state index in [9.17, 15) is 9.59 Å². The lowest BCUT2D eigenvalue weighted by atomic mass is 9.91. The number of fused-ring (bicyclic) bond motifs is 1. The summed E-state index contributed by atoms with van der Waals surface area (Å²) < 4.78 is 1.69. The molecule has 0 radical (unpaired) electrons. The van der Waals surface area contributed by atoms with Crippen LogP contribution < -0.4 is 10.2 Å². The van der Waals surface area contributed by atoms with Crippen LogP contribution in [-0.4, -0.2) is 27.1 Å². The van der Waals surface area contributed by atoms with Crippen molar-refractivity contribution in [1.29, 1.82) is 0 Å². The van der Waals surface area contributed by atoms with Crippen molar-refractivity contribution in [2.75, 3.05) is 4.90 Å². The topological polar surface area (TPSA) is 67.2 Å². The van der Waals surface area contributed by atoms with Crippen LogP contribution in [0, 0.1) is 6.92 Å². The number of carbonyl (C=O) groups excluding carboxylic acids is 2. The number of anilines is 1. The first-order valence-electron chi connectivity index (χ1n) is 10.9. The largest absolute Gasteiger partial charge is 0.350 e. The zero-order valence-electron chi connectivity index (χ0n) is 19.3. The minimum Gasteiger partial charge on any atom is -0.350 e. The summed E-state index contributed by atoms with van der Waals surface area (Å²) in [6.07, 6.45) is 0. The molecule has 1 atom stereocenters. The Kier molecular flexibility index (Phi) is 5.41. The van der Waals surface area contributed by atoms with Crippen LogP contribution in [0.3, 0.4) is 0 Å². The molecule has 1 aromatic heterocycles. The van der Waals surface area contributed by atoms with Crippen LogP contribution in [0.25, 0.3) is 0 Å². The number of hydrogen-bond acceptors (Lipinski definition) is 3. The van der Waals surface area contributed by atoms with Gasteiger partial charge in [-0.15, -0.1) is 0 Å². The molecule has 6 nitrogen and oxygen atoms in total. The first kappa shape index (κ1) is 21.8. The predicted molar refractivity (Wildman–Crippen MR) is 126 cm³/mol. The molecule has 0 fully saturated rings. The second kappa shape index (κ2) is 7.93. The minimum absolute atomic E-state index is 0.203. The van der Waals surface area contributed by atoms with Gasteiger partial charge < -0.3 is 5.32 Å². The predicted octanol–water partition coefficient (Wildman–Crippen LogP) is 4.22. The van der Waals surface area contributed by atoms with Crippen LogP contribution in [0.1, 0.15) is 55.0 Å². The Hall–Kier alpha value is -3.41. The molecule has 6 heteroatoms. The van der Waals surface area contributed by atoms with E-state index in [1.807, 2.05) is 74.5 Å². The Morgan fingerprint density at radius 2 is 1.75 bits per heavy atom. The highest BCUT2D eigenvalue weighted by Gasteiger charge is 2.49. The lowest BCUT2D eigenvalue weighted by Gasteiger charge is -2.43. The van der Waals surface area contributed by atoms with E-state index in [0.717, 1.165) is 16.8 Å². The number of carbonyl (C=O) groups is 2. The summed E-state index contributed by atoms with van der Waals surface area (Å²) in [5.41, 5.74) is 2.79. The SMILES string of the molecule is Cc1ccc(N2C(=O)c3cc(C(C)(C)C)nn3CC2(C)C(=O)NCc2ccccc2)cc1. The monoisotopic (exact) mass is 430 g/mol. The van der Waals surface area contributed by atoms with Gasteiger partial charge in [0.1, 0.15) is 11.2 Å². The summed E-state index contributed by atoms with van der Waals surface area (Å²) in [6.45, 7) is 10.7. The van der Waals surface area contributed by atoms with Gasteiger partial charge in [-0.3, -0.25) is 19.2 Å². The smallest absolute Gasteiger partial charge is 0.277 e. The summed E-state index contributed by atoms with van der Waals surface area (Å²) in [7, 11) is 0. The summed E-state index contributed by atoms with van der Waals surface area (Å²) in [5.74, 6) is -0.436. The number of amides is 2. The van der Waals surface area contributed by atoms with E-state index in [1.54, 1.807) is 9.58 Å². The molecule has 2 aromatic carbocycles. The molecule has 1 aliphatic heterocycles. The average molecular weight is 431 g/mol. The van der Waals surface area contributed by atoms with Crippen LogP contribution in [0.5, 0.6) is 0 Å². The zero-order chi connectivity index (χ0) is 23.1. The third-order valence-corrected chi connectivity index (χ3v) is 6.00. The van der Waals surface area contributed by atoms with Crippen LogP contribution in [0.15, 0.2) is 60.7 Å². The molecule has 3 aromatic rings. The molecule has 0 saturated heterocycles.